The van der Waals surface area contributed by atoms with E-state index >= 15 is 0 Å². The Hall–Kier alpha value is -3.66. The average Bonchev–Trinajstić information content (AvgIpc) is 2.58. The van der Waals surface area contributed by atoms with Crippen molar-refractivity contribution in [3.8, 4) is 6.07 Å². The van der Waals surface area contributed by atoms with Crippen molar-refractivity contribution in [1.82, 2.24) is 0 Å². The normalized spacial score (nSPS) is 10.7. The van der Waals surface area contributed by atoms with Gasteiger partial charge in [-0.3, -0.25) is 14.5 Å². The monoisotopic (exact) mass is 338 g/mol. The Balaban J connectivity index is 2.27. The summed E-state index contributed by atoms with van der Waals surface area (Å²) in [6, 6.07) is 13.2. The maximum Gasteiger partial charge on any atom is 0.267 e. The molecule has 2 amide bonds. The number of nitrogen functional groups attached to an aromatic ring is 1. The molecule has 0 aromatic heterocycles. The van der Waals surface area contributed by atoms with Crippen molar-refractivity contribution in [2.45, 2.75) is 6.92 Å². The van der Waals surface area contributed by atoms with Crippen molar-refractivity contribution in [2.75, 3.05) is 16.0 Å². The predicted molar refractivity (Wildman–Crippen MR) is 92.7 cm³/mol. The number of nitrogens with one attached hydrogen (secondary N) is 1. The first-order valence-electron chi connectivity index (χ1n) is 7.25. The predicted octanol–water partition coefficient (Wildman–Crippen LogP) is 2.81. The van der Waals surface area contributed by atoms with Gasteiger partial charge >= 0.3 is 0 Å². The maximum atomic E-state index is 12.9. The lowest BCUT2D eigenvalue weighted by Gasteiger charge is -2.17. The van der Waals surface area contributed by atoms with E-state index in [0.29, 0.717) is 17.1 Å². The van der Waals surface area contributed by atoms with Crippen LogP contribution in [0.25, 0.3) is 0 Å². The standard InChI is InChI=1S/C18H15FN4O2/c1-12(24)23(17-8-4-15(21)5-9-17)11-13(10-20)18(25)22-16-6-2-14(19)3-7-16/h2-9,11H,21H2,1H3,(H,22,25)/b13-11-. The van der Waals surface area contributed by atoms with Crippen LogP contribution in [0.4, 0.5) is 21.5 Å². The summed E-state index contributed by atoms with van der Waals surface area (Å²) in [5, 5.41) is 11.7. The van der Waals surface area contributed by atoms with E-state index in [0.717, 1.165) is 6.20 Å². The molecule has 0 fully saturated rings. The van der Waals surface area contributed by atoms with Crippen molar-refractivity contribution >= 4 is 28.9 Å². The van der Waals surface area contributed by atoms with Gasteiger partial charge in [0.25, 0.3) is 5.91 Å². The highest BCUT2D eigenvalue weighted by atomic mass is 19.1. The van der Waals surface area contributed by atoms with Crippen LogP contribution in [0.2, 0.25) is 0 Å². The van der Waals surface area contributed by atoms with E-state index in [9.17, 15) is 19.2 Å². The van der Waals surface area contributed by atoms with Crippen LogP contribution < -0.4 is 16.0 Å². The molecule has 2 rings (SSSR count). The topological polar surface area (TPSA) is 99.2 Å². The van der Waals surface area contributed by atoms with Crippen molar-refractivity contribution in [1.29, 1.82) is 5.26 Å². The molecule has 0 aliphatic heterocycles. The van der Waals surface area contributed by atoms with Crippen LogP contribution in [0.5, 0.6) is 0 Å². The Bertz CT molecular complexity index is 852. The van der Waals surface area contributed by atoms with Gasteiger partial charge in [0, 0.05) is 30.2 Å². The van der Waals surface area contributed by atoms with Gasteiger partial charge in [-0.25, -0.2) is 4.39 Å². The Morgan fingerprint density at radius 3 is 2.28 bits per heavy atom. The molecule has 2 aromatic rings. The molecule has 3 N–H and O–H groups in total. The van der Waals surface area contributed by atoms with E-state index in [4.69, 9.17) is 5.73 Å². The molecule has 0 radical (unpaired) electrons. The minimum atomic E-state index is -0.712. The van der Waals surface area contributed by atoms with Gasteiger partial charge in [0.05, 0.1) is 0 Å². The third kappa shape index (κ3) is 4.65. The number of nitriles is 1. The molecule has 0 saturated carbocycles. The number of rotatable bonds is 4. The zero-order valence-electron chi connectivity index (χ0n) is 13.4. The van der Waals surface area contributed by atoms with E-state index in [1.54, 1.807) is 30.3 Å². The number of amides is 2. The summed E-state index contributed by atoms with van der Waals surface area (Å²) in [6.45, 7) is 1.31. The van der Waals surface area contributed by atoms with Crippen LogP contribution in [0.1, 0.15) is 6.92 Å². The summed E-state index contributed by atoms with van der Waals surface area (Å²) in [7, 11) is 0. The first-order valence-corrected chi connectivity index (χ1v) is 7.25. The van der Waals surface area contributed by atoms with Gasteiger partial charge in [0.1, 0.15) is 17.5 Å². The molecule has 0 spiro atoms. The summed E-state index contributed by atoms with van der Waals surface area (Å²) < 4.78 is 12.9. The molecule has 0 unspecified atom stereocenters. The van der Waals surface area contributed by atoms with Crippen LogP contribution in [0.3, 0.4) is 0 Å². The van der Waals surface area contributed by atoms with E-state index in [1.807, 2.05) is 0 Å². The molecule has 126 valence electrons. The Labute approximate surface area is 144 Å². The lowest BCUT2D eigenvalue weighted by molar-refractivity contribution is -0.116. The lowest BCUT2D eigenvalue weighted by atomic mass is 10.2. The van der Waals surface area contributed by atoms with Crippen LogP contribution in [-0.2, 0) is 9.59 Å². The second kappa shape index (κ2) is 7.75. The quantitative estimate of drug-likeness (QED) is 0.509. The third-order valence-electron chi connectivity index (χ3n) is 3.24. The minimum absolute atomic E-state index is 0.281. The molecule has 2 aromatic carbocycles. The highest BCUT2D eigenvalue weighted by Crippen LogP contribution is 2.18. The number of halogens is 1. The van der Waals surface area contributed by atoms with Gasteiger partial charge in [-0.1, -0.05) is 0 Å². The minimum Gasteiger partial charge on any atom is -0.399 e. The number of nitrogens with zero attached hydrogens (tertiary/aromatic N) is 2. The van der Waals surface area contributed by atoms with Crippen molar-refractivity contribution < 1.29 is 14.0 Å². The van der Waals surface area contributed by atoms with Crippen LogP contribution in [0.15, 0.2) is 60.3 Å². The zero-order chi connectivity index (χ0) is 18.4. The van der Waals surface area contributed by atoms with Gasteiger partial charge in [0.15, 0.2) is 0 Å². The Morgan fingerprint density at radius 2 is 1.76 bits per heavy atom. The fourth-order valence-corrected chi connectivity index (χ4v) is 1.98. The first kappa shape index (κ1) is 17.7. The van der Waals surface area contributed by atoms with Gasteiger partial charge in [-0.2, -0.15) is 5.26 Å². The molecule has 0 bridgehead atoms. The third-order valence-corrected chi connectivity index (χ3v) is 3.24. The molecule has 0 aliphatic carbocycles. The lowest BCUT2D eigenvalue weighted by Crippen LogP contribution is -2.25. The first-order chi connectivity index (χ1) is 11.9. The second-order valence-electron chi connectivity index (χ2n) is 5.10. The fourth-order valence-electron chi connectivity index (χ4n) is 1.98. The summed E-state index contributed by atoms with van der Waals surface area (Å²) >= 11 is 0. The molecule has 0 saturated heterocycles. The molecule has 0 atom stereocenters. The van der Waals surface area contributed by atoms with Gasteiger partial charge < -0.3 is 11.1 Å². The van der Waals surface area contributed by atoms with Crippen molar-refractivity contribution in [2.24, 2.45) is 0 Å². The number of hydrogen-bond donors (Lipinski definition) is 2. The van der Waals surface area contributed by atoms with Crippen molar-refractivity contribution in [3.05, 3.63) is 66.1 Å². The van der Waals surface area contributed by atoms with Crippen molar-refractivity contribution in [3.63, 3.8) is 0 Å². The van der Waals surface area contributed by atoms with Crippen LogP contribution in [-0.4, -0.2) is 11.8 Å². The summed E-state index contributed by atoms with van der Waals surface area (Å²) in [5.74, 6) is -1.54. The highest BCUT2D eigenvalue weighted by molar-refractivity contribution is 6.08. The number of carbonyl (C=O) groups is 2. The largest absolute Gasteiger partial charge is 0.399 e. The molecular formula is C18H15FN4O2. The van der Waals surface area contributed by atoms with Gasteiger partial charge in [-0.15, -0.1) is 0 Å². The summed E-state index contributed by atoms with van der Waals surface area (Å²) in [5.41, 5.74) is 6.64. The van der Waals surface area contributed by atoms with Crippen LogP contribution >= 0.6 is 0 Å². The summed E-state index contributed by atoms with van der Waals surface area (Å²) in [4.78, 5) is 25.3. The molecule has 6 nitrogen and oxygen atoms in total. The second-order valence-corrected chi connectivity index (χ2v) is 5.10. The van der Waals surface area contributed by atoms with E-state index in [2.05, 4.69) is 5.32 Å². The van der Waals surface area contributed by atoms with Gasteiger partial charge in [0.2, 0.25) is 5.91 Å². The molecule has 7 heteroatoms. The number of carbonyl (C=O) groups excluding carboxylic acids is 2. The highest BCUT2D eigenvalue weighted by Gasteiger charge is 2.15. The Kier molecular flexibility index (Phi) is 5.48. The van der Waals surface area contributed by atoms with E-state index < -0.39 is 11.7 Å². The fraction of sp³-hybridized carbons (Fsp3) is 0.0556. The van der Waals surface area contributed by atoms with E-state index in [1.165, 1.54) is 36.1 Å². The average molecular weight is 338 g/mol. The molecular weight excluding hydrogens is 323 g/mol. The smallest absolute Gasteiger partial charge is 0.267 e. The number of benzene rings is 2. The molecule has 0 heterocycles. The Morgan fingerprint density at radius 1 is 1.16 bits per heavy atom. The van der Waals surface area contributed by atoms with E-state index in [-0.39, 0.29) is 11.5 Å². The molecule has 0 aliphatic rings. The number of nitrogens with two attached hydrogens (primary N) is 1. The summed E-state index contributed by atoms with van der Waals surface area (Å²) in [6.07, 6.45) is 1.15. The SMILES string of the molecule is CC(=O)N(/C=C(/C#N)C(=O)Nc1ccc(F)cc1)c1ccc(N)cc1. The molecule has 25 heavy (non-hydrogen) atoms. The van der Waals surface area contributed by atoms with Crippen LogP contribution in [0, 0.1) is 17.1 Å². The zero-order valence-corrected chi connectivity index (χ0v) is 13.4. The maximum absolute atomic E-state index is 12.9. The number of anilines is 3. The number of hydrogen-bond acceptors (Lipinski definition) is 4. The van der Waals surface area contributed by atoms with Gasteiger partial charge in [-0.05, 0) is 48.5 Å².